The van der Waals surface area contributed by atoms with E-state index in [1.807, 2.05) is 84.0 Å². The first-order valence-electron chi connectivity index (χ1n) is 12.4. The third-order valence-electron chi connectivity index (χ3n) is 5.77. The van der Waals surface area contributed by atoms with Gasteiger partial charge in [-0.25, -0.2) is 4.79 Å². The van der Waals surface area contributed by atoms with Crippen LogP contribution in [0.5, 0.6) is 0 Å². The zero-order valence-electron chi connectivity index (χ0n) is 23.4. The van der Waals surface area contributed by atoms with Crippen molar-refractivity contribution in [1.82, 2.24) is 10.2 Å². The van der Waals surface area contributed by atoms with Crippen LogP contribution in [0.4, 0.5) is 10.5 Å². The Morgan fingerprint density at radius 1 is 0.946 bits per heavy atom. The van der Waals surface area contributed by atoms with Crippen LogP contribution < -0.4 is 10.6 Å². The van der Waals surface area contributed by atoms with E-state index in [0.29, 0.717) is 11.3 Å². The van der Waals surface area contributed by atoms with Crippen LogP contribution in [0.3, 0.4) is 0 Å². The number of rotatable bonds is 7. The number of hydrogen-bond acceptors (Lipinski definition) is 5. The predicted octanol–water partition coefficient (Wildman–Crippen LogP) is 5.74. The standard InChI is InChI=1S/C29H41N3O4S/c1-18-14-15-19(2)21(16-18)24(25(33)30-22-13-11-10-12-20(22)3)32(28(4,5)6)26(34)23(17-37)31-27(35)36-29(7,8)9/h10-16,23-24,37H,17H2,1-9H3,(H,30,33)(H,31,35). The van der Waals surface area contributed by atoms with E-state index in [9.17, 15) is 14.4 Å². The molecule has 0 radical (unpaired) electrons. The van der Waals surface area contributed by atoms with Gasteiger partial charge < -0.3 is 20.3 Å². The van der Waals surface area contributed by atoms with Gasteiger partial charge >= 0.3 is 6.09 Å². The van der Waals surface area contributed by atoms with E-state index >= 15 is 0 Å². The number of alkyl carbamates (subject to hydrolysis) is 1. The number of amides is 3. The van der Waals surface area contributed by atoms with Gasteiger partial charge in [-0.15, -0.1) is 0 Å². The van der Waals surface area contributed by atoms with Gasteiger partial charge in [-0.05, 0) is 85.1 Å². The molecule has 8 heteroatoms. The van der Waals surface area contributed by atoms with E-state index in [1.54, 1.807) is 25.7 Å². The molecule has 0 aliphatic heterocycles. The minimum atomic E-state index is -1.00. The summed E-state index contributed by atoms with van der Waals surface area (Å²) in [6.45, 7) is 16.6. The Kier molecular flexibility index (Phi) is 9.83. The van der Waals surface area contributed by atoms with Gasteiger partial charge in [0.2, 0.25) is 5.91 Å². The third-order valence-corrected chi connectivity index (χ3v) is 6.14. The van der Waals surface area contributed by atoms with Gasteiger partial charge in [-0.2, -0.15) is 12.6 Å². The van der Waals surface area contributed by atoms with Gasteiger partial charge in [0.25, 0.3) is 5.91 Å². The molecule has 0 aliphatic rings. The molecule has 0 spiro atoms. The first kappa shape index (κ1) is 30.2. The lowest BCUT2D eigenvalue weighted by Gasteiger charge is -2.43. The van der Waals surface area contributed by atoms with Crippen molar-refractivity contribution in [2.45, 2.75) is 85.5 Å². The van der Waals surface area contributed by atoms with Crippen molar-refractivity contribution in [3.8, 4) is 0 Å². The van der Waals surface area contributed by atoms with Crippen molar-refractivity contribution in [3.63, 3.8) is 0 Å². The molecule has 0 aromatic heterocycles. The van der Waals surface area contributed by atoms with Gasteiger partial charge in [-0.3, -0.25) is 9.59 Å². The molecule has 0 fully saturated rings. The van der Waals surface area contributed by atoms with Gasteiger partial charge in [0.1, 0.15) is 17.7 Å². The number of nitrogens with one attached hydrogen (secondary N) is 2. The number of ether oxygens (including phenoxy) is 1. The Morgan fingerprint density at radius 3 is 2.11 bits per heavy atom. The average molecular weight is 528 g/mol. The molecule has 2 unspecified atom stereocenters. The number of anilines is 1. The van der Waals surface area contributed by atoms with Crippen LogP contribution in [-0.2, 0) is 14.3 Å². The molecule has 2 aromatic rings. The van der Waals surface area contributed by atoms with Gasteiger partial charge in [-0.1, -0.05) is 42.0 Å². The van der Waals surface area contributed by atoms with E-state index in [4.69, 9.17) is 4.74 Å². The highest BCUT2D eigenvalue weighted by atomic mass is 32.1. The Morgan fingerprint density at radius 2 is 1.57 bits per heavy atom. The van der Waals surface area contributed by atoms with E-state index in [2.05, 4.69) is 23.3 Å². The second-order valence-electron chi connectivity index (χ2n) is 11.3. The van der Waals surface area contributed by atoms with Crippen LogP contribution in [0.2, 0.25) is 0 Å². The highest BCUT2D eigenvalue weighted by Crippen LogP contribution is 2.33. The minimum absolute atomic E-state index is 0.0313. The molecular weight excluding hydrogens is 486 g/mol. The second kappa shape index (κ2) is 12.0. The summed E-state index contributed by atoms with van der Waals surface area (Å²) in [5.74, 6) is -0.746. The largest absolute Gasteiger partial charge is 0.444 e. The van der Waals surface area contributed by atoms with Crippen LogP contribution in [0.1, 0.15) is 69.8 Å². The summed E-state index contributed by atoms with van der Waals surface area (Å²) in [5.41, 5.74) is 2.62. The minimum Gasteiger partial charge on any atom is -0.444 e. The zero-order chi connectivity index (χ0) is 28.1. The fraction of sp³-hybridized carbons (Fsp3) is 0.483. The molecule has 2 atom stereocenters. The monoisotopic (exact) mass is 527 g/mol. The van der Waals surface area contributed by atoms with Crippen molar-refractivity contribution < 1.29 is 19.1 Å². The number of aryl methyl sites for hydroxylation is 3. The van der Waals surface area contributed by atoms with E-state index < -0.39 is 35.2 Å². The van der Waals surface area contributed by atoms with Gasteiger partial charge in [0.15, 0.2) is 0 Å². The summed E-state index contributed by atoms with van der Waals surface area (Å²) >= 11 is 4.35. The number of benzene rings is 2. The average Bonchev–Trinajstić information content (AvgIpc) is 2.76. The molecule has 2 rings (SSSR count). The normalized spacial score (nSPS) is 13.4. The topological polar surface area (TPSA) is 87.7 Å². The number of nitrogens with zero attached hydrogens (tertiary/aromatic N) is 1. The quantitative estimate of drug-likeness (QED) is 0.401. The smallest absolute Gasteiger partial charge is 0.408 e. The summed E-state index contributed by atoms with van der Waals surface area (Å²) in [6, 6.07) is 11.4. The number of thiol groups is 1. The molecule has 2 aromatic carbocycles. The Hall–Kier alpha value is -3.00. The van der Waals surface area contributed by atoms with E-state index in [-0.39, 0.29) is 11.7 Å². The highest BCUT2D eigenvalue weighted by molar-refractivity contribution is 7.80. The molecule has 0 saturated heterocycles. The summed E-state index contributed by atoms with van der Waals surface area (Å²) in [5, 5.41) is 5.67. The summed E-state index contributed by atoms with van der Waals surface area (Å²) in [7, 11) is 0. The lowest BCUT2D eigenvalue weighted by Crippen LogP contribution is -2.58. The number of carbonyl (C=O) groups excluding carboxylic acids is 3. The number of para-hydroxylation sites is 1. The van der Waals surface area contributed by atoms with Crippen molar-refractivity contribution in [2.75, 3.05) is 11.1 Å². The summed E-state index contributed by atoms with van der Waals surface area (Å²) in [4.78, 5) is 42.2. The second-order valence-corrected chi connectivity index (χ2v) is 11.7. The number of hydrogen-bond donors (Lipinski definition) is 3. The van der Waals surface area contributed by atoms with Crippen molar-refractivity contribution in [2.24, 2.45) is 0 Å². The predicted molar refractivity (Wildman–Crippen MR) is 152 cm³/mol. The van der Waals surface area contributed by atoms with Crippen LogP contribution in [-0.4, -0.2) is 45.7 Å². The van der Waals surface area contributed by atoms with Crippen molar-refractivity contribution in [1.29, 1.82) is 0 Å². The molecule has 202 valence electrons. The SMILES string of the molecule is Cc1ccc(C)c(C(C(=O)Nc2ccccc2C)N(C(=O)C(CS)NC(=O)OC(C)(C)C)C(C)(C)C)c1. The maximum absolute atomic E-state index is 14.1. The van der Waals surface area contributed by atoms with Gasteiger partial charge in [0, 0.05) is 17.0 Å². The maximum Gasteiger partial charge on any atom is 0.408 e. The molecule has 0 aliphatic carbocycles. The molecule has 2 N–H and O–H groups in total. The number of carbonyl (C=O) groups is 3. The third kappa shape index (κ3) is 8.25. The van der Waals surface area contributed by atoms with E-state index in [1.165, 1.54) is 0 Å². The van der Waals surface area contributed by atoms with Crippen LogP contribution >= 0.6 is 12.6 Å². The summed E-state index contributed by atoms with van der Waals surface area (Å²) < 4.78 is 5.37. The fourth-order valence-electron chi connectivity index (χ4n) is 4.01. The van der Waals surface area contributed by atoms with Crippen LogP contribution in [0.25, 0.3) is 0 Å². The van der Waals surface area contributed by atoms with Crippen molar-refractivity contribution >= 4 is 36.2 Å². The lowest BCUT2D eigenvalue weighted by molar-refractivity contribution is -0.146. The van der Waals surface area contributed by atoms with E-state index in [0.717, 1.165) is 16.7 Å². The highest BCUT2D eigenvalue weighted by Gasteiger charge is 2.42. The van der Waals surface area contributed by atoms with Crippen LogP contribution in [0.15, 0.2) is 42.5 Å². The first-order valence-corrected chi connectivity index (χ1v) is 13.1. The molecule has 7 nitrogen and oxygen atoms in total. The Labute approximate surface area is 226 Å². The Bertz CT molecular complexity index is 1130. The zero-order valence-corrected chi connectivity index (χ0v) is 24.3. The first-order chi connectivity index (χ1) is 17.0. The Balaban J connectivity index is 2.60. The van der Waals surface area contributed by atoms with Crippen LogP contribution in [0, 0.1) is 20.8 Å². The summed E-state index contributed by atoms with van der Waals surface area (Å²) in [6.07, 6.45) is -0.721. The lowest BCUT2D eigenvalue weighted by atomic mass is 9.92. The molecule has 0 saturated carbocycles. The molecular formula is C29H41N3O4S. The van der Waals surface area contributed by atoms with Gasteiger partial charge in [0.05, 0.1) is 0 Å². The maximum atomic E-state index is 14.1. The molecule has 0 bridgehead atoms. The molecule has 37 heavy (non-hydrogen) atoms. The molecule has 3 amide bonds. The fourth-order valence-corrected chi connectivity index (χ4v) is 4.26. The van der Waals surface area contributed by atoms with Crippen molar-refractivity contribution in [3.05, 3.63) is 64.7 Å². The molecule has 0 heterocycles.